The first-order chi connectivity index (χ1) is 9.02. The number of ether oxygens (including phenoxy) is 1. The highest BCUT2D eigenvalue weighted by atomic mass is 16.5. The van der Waals surface area contributed by atoms with Crippen LogP contribution < -0.4 is 10.6 Å². The van der Waals surface area contributed by atoms with Crippen molar-refractivity contribution in [2.24, 2.45) is 0 Å². The highest BCUT2D eigenvalue weighted by molar-refractivity contribution is 6.07. The molecular weight excluding hydrogens is 250 g/mol. The summed E-state index contributed by atoms with van der Waals surface area (Å²) in [5.74, 6) is -0.715. The highest BCUT2D eigenvalue weighted by Crippen LogP contribution is 2.30. The van der Waals surface area contributed by atoms with E-state index in [1.54, 1.807) is 0 Å². The van der Waals surface area contributed by atoms with E-state index >= 15 is 0 Å². The predicted molar refractivity (Wildman–Crippen MR) is 66.3 cm³/mol. The molecule has 0 aromatic carbocycles. The summed E-state index contributed by atoms with van der Waals surface area (Å²) in [4.78, 5) is 36.9. The molecule has 106 valence electrons. The molecule has 2 N–H and O–H groups in total. The van der Waals surface area contributed by atoms with Crippen LogP contribution in [-0.4, -0.2) is 54.6 Å². The molecule has 2 aliphatic heterocycles. The van der Waals surface area contributed by atoms with E-state index < -0.39 is 17.6 Å². The number of nitrogens with one attached hydrogen (secondary N) is 2. The zero-order chi connectivity index (χ0) is 14.0. The summed E-state index contributed by atoms with van der Waals surface area (Å²) >= 11 is 0. The Balaban J connectivity index is 2.16. The molecule has 19 heavy (non-hydrogen) atoms. The van der Waals surface area contributed by atoms with Crippen LogP contribution in [0.25, 0.3) is 0 Å². The van der Waals surface area contributed by atoms with Crippen LogP contribution in [0, 0.1) is 0 Å². The predicted octanol–water partition coefficient (Wildman–Crippen LogP) is -0.388. The number of unbranched alkanes of at least 4 members (excludes halogenated alkanes) is 1. The lowest BCUT2D eigenvalue weighted by Gasteiger charge is -2.22. The van der Waals surface area contributed by atoms with Crippen molar-refractivity contribution < 1.29 is 19.1 Å². The Morgan fingerprint density at radius 2 is 2.26 bits per heavy atom. The van der Waals surface area contributed by atoms with Crippen molar-refractivity contribution in [2.45, 2.75) is 37.8 Å². The number of urea groups is 1. The summed E-state index contributed by atoms with van der Waals surface area (Å²) < 4.78 is 4.78. The van der Waals surface area contributed by atoms with Crippen molar-refractivity contribution in [3.63, 3.8) is 0 Å². The van der Waals surface area contributed by atoms with E-state index in [0.717, 1.165) is 12.8 Å². The number of likely N-dealkylation sites (tertiary alicyclic amines) is 1. The molecule has 2 fully saturated rings. The van der Waals surface area contributed by atoms with Gasteiger partial charge in [-0.05, 0) is 13.0 Å². The minimum Gasteiger partial charge on any atom is -0.468 e. The van der Waals surface area contributed by atoms with Gasteiger partial charge in [-0.2, -0.15) is 0 Å². The summed E-state index contributed by atoms with van der Waals surface area (Å²) in [6, 6.07) is -0.966. The molecule has 1 spiro atoms. The fourth-order valence-electron chi connectivity index (χ4n) is 2.73. The van der Waals surface area contributed by atoms with Gasteiger partial charge in [0.15, 0.2) is 0 Å². The van der Waals surface area contributed by atoms with Crippen LogP contribution in [0.3, 0.4) is 0 Å². The number of imide groups is 1. The van der Waals surface area contributed by atoms with Crippen LogP contribution in [0.4, 0.5) is 4.79 Å². The van der Waals surface area contributed by atoms with Gasteiger partial charge >= 0.3 is 12.0 Å². The maximum absolute atomic E-state index is 11.9. The second-order valence-electron chi connectivity index (χ2n) is 5.06. The Kier molecular flexibility index (Phi) is 3.75. The summed E-state index contributed by atoms with van der Waals surface area (Å²) in [7, 11) is 1.33. The van der Waals surface area contributed by atoms with Crippen LogP contribution in [0.1, 0.15) is 26.2 Å². The summed E-state index contributed by atoms with van der Waals surface area (Å²) in [5.41, 5.74) is -0.982. The minimum atomic E-state index is -0.982. The number of esters is 1. The topological polar surface area (TPSA) is 87.7 Å². The molecule has 0 bridgehead atoms. The average molecular weight is 269 g/mol. The maximum Gasteiger partial charge on any atom is 0.323 e. The van der Waals surface area contributed by atoms with Crippen molar-refractivity contribution in [3.05, 3.63) is 0 Å². The number of carbonyl (C=O) groups is 3. The lowest BCUT2D eigenvalue weighted by atomic mass is 9.96. The van der Waals surface area contributed by atoms with E-state index in [1.165, 1.54) is 7.11 Å². The smallest absolute Gasteiger partial charge is 0.323 e. The SMILES string of the molecule is CCCCN1C[C@@]2(C[C@H]1C(=O)OC)NC(=O)NC2=O. The molecule has 0 saturated carbocycles. The number of amides is 3. The molecule has 0 aliphatic carbocycles. The van der Waals surface area contributed by atoms with Crippen molar-refractivity contribution in [1.29, 1.82) is 0 Å². The number of hydrogen-bond donors (Lipinski definition) is 2. The van der Waals surface area contributed by atoms with Gasteiger partial charge in [0.2, 0.25) is 0 Å². The Hall–Kier alpha value is -1.63. The quantitative estimate of drug-likeness (QED) is 0.536. The molecule has 2 aliphatic rings. The summed E-state index contributed by atoms with van der Waals surface area (Å²) in [6.07, 6.45) is 2.19. The fourth-order valence-corrected chi connectivity index (χ4v) is 2.73. The monoisotopic (exact) mass is 269 g/mol. The van der Waals surface area contributed by atoms with Crippen LogP contribution in [0.15, 0.2) is 0 Å². The summed E-state index contributed by atoms with van der Waals surface area (Å²) in [5, 5.41) is 4.88. The molecule has 2 rings (SSSR count). The van der Waals surface area contributed by atoms with Crippen LogP contribution in [-0.2, 0) is 14.3 Å². The van der Waals surface area contributed by atoms with E-state index in [4.69, 9.17) is 4.74 Å². The Morgan fingerprint density at radius 1 is 1.53 bits per heavy atom. The Morgan fingerprint density at radius 3 is 2.79 bits per heavy atom. The van der Waals surface area contributed by atoms with Gasteiger partial charge in [-0.1, -0.05) is 13.3 Å². The van der Waals surface area contributed by atoms with E-state index in [-0.39, 0.29) is 18.3 Å². The normalized spacial score (nSPS) is 30.5. The van der Waals surface area contributed by atoms with Crippen LogP contribution in [0.5, 0.6) is 0 Å². The van der Waals surface area contributed by atoms with Gasteiger partial charge in [0.25, 0.3) is 5.91 Å². The van der Waals surface area contributed by atoms with Crippen LogP contribution >= 0.6 is 0 Å². The van der Waals surface area contributed by atoms with E-state index in [2.05, 4.69) is 17.6 Å². The molecular formula is C12H19N3O4. The Labute approximate surface area is 111 Å². The van der Waals surface area contributed by atoms with Gasteiger partial charge < -0.3 is 10.1 Å². The van der Waals surface area contributed by atoms with Crippen molar-refractivity contribution in [1.82, 2.24) is 15.5 Å². The first-order valence-corrected chi connectivity index (χ1v) is 6.48. The number of nitrogens with zero attached hydrogens (tertiary/aromatic N) is 1. The number of methoxy groups -OCH3 is 1. The summed E-state index contributed by atoms with van der Waals surface area (Å²) in [6.45, 7) is 3.12. The first kappa shape index (κ1) is 13.8. The number of hydrogen-bond acceptors (Lipinski definition) is 5. The van der Waals surface area contributed by atoms with E-state index in [1.807, 2.05) is 4.90 Å². The third kappa shape index (κ3) is 2.42. The molecule has 2 saturated heterocycles. The van der Waals surface area contributed by atoms with Gasteiger partial charge in [-0.15, -0.1) is 0 Å². The average Bonchev–Trinajstić information content (AvgIpc) is 2.87. The largest absolute Gasteiger partial charge is 0.468 e. The lowest BCUT2D eigenvalue weighted by molar-refractivity contribution is -0.145. The molecule has 0 aromatic rings. The molecule has 0 radical (unpaired) electrons. The van der Waals surface area contributed by atoms with Crippen molar-refractivity contribution in [2.75, 3.05) is 20.2 Å². The standard InChI is InChI=1S/C12H19N3O4/c1-3-4-5-15-7-12(6-8(15)9(16)19-2)10(17)13-11(18)14-12/h8H,3-7H2,1-2H3,(H2,13,14,17,18)/t8-,12+/m0/s1. The third-order valence-corrected chi connectivity index (χ3v) is 3.74. The molecule has 7 nitrogen and oxygen atoms in total. The Bertz CT molecular complexity index is 412. The van der Waals surface area contributed by atoms with Crippen LogP contribution in [0.2, 0.25) is 0 Å². The lowest BCUT2D eigenvalue weighted by Crippen LogP contribution is -2.49. The van der Waals surface area contributed by atoms with Gasteiger partial charge in [0.05, 0.1) is 7.11 Å². The number of carbonyl (C=O) groups excluding carboxylic acids is 3. The van der Waals surface area contributed by atoms with Gasteiger partial charge in [0.1, 0.15) is 11.6 Å². The maximum atomic E-state index is 11.9. The van der Waals surface area contributed by atoms with Crippen molar-refractivity contribution >= 4 is 17.9 Å². The molecule has 7 heteroatoms. The van der Waals surface area contributed by atoms with E-state index in [9.17, 15) is 14.4 Å². The fraction of sp³-hybridized carbons (Fsp3) is 0.750. The number of rotatable bonds is 4. The third-order valence-electron chi connectivity index (χ3n) is 3.74. The van der Waals surface area contributed by atoms with Gasteiger partial charge in [-0.25, -0.2) is 4.79 Å². The van der Waals surface area contributed by atoms with Gasteiger partial charge in [0, 0.05) is 13.0 Å². The molecule has 3 amide bonds. The molecule has 2 atom stereocenters. The van der Waals surface area contributed by atoms with Crippen molar-refractivity contribution in [3.8, 4) is 0 Å². The molecule has 0 aromatic heterocycles. The molecule has 0 unspecified atom stereocenters. The van der Waals surface area contributed by atoms with Gasteiger partial charge in [-0.3, -0.25) is 19.8 Å². The van der Waals surface area contributed by atoms with E-state index in [0.29, 0.717) is 13.1 Å². The zero-order valence-electron chi connectivity index (χ0n) is 11.2. The zero-order valence-corrected chi connectivity index (χ0v) is 11.2. The second-order valence-corrected chi connectivity index (χ2v) is 5.06. The highest BCUT2D eigenvalue weighted by Gasteiger charge is 2.56. The minimum absolute atomic E-state index is 0.265. The molecule has 2 heterocycles. The second kappa shape index (κ2) is 5.16. The first-order valence-electron chi connectivity index (χ1n) is 6.48.